The average Bonchev–Trinajstić information content (AvgIpc) is 3.95. The summed E-state index contributed by atoms with van der Waals surface area (Å²) < 4.78 is 24.2. The molecule has 5 aromatic carbocycles. The number of anilines is 1. The summed E-state index contributed by atoms with van der Waals surface area (Å²) in [5, 5.41) is 4.01. The molecule has 0 atom stereocenters. The van der Waals surface area contributed by atoms with Gasteiger partial charge in [-0.15, -0.1) is 0 Å². The van der Waals surface area contributed by atoms with Crippen LogP contribution >= 0.6 is 0 Å². The lowest BCUT2D eigenvalue weighted by Gasteiger charge is -2.19. The van der Waals surface area contributed by atoms with Gasteiger partial charge in [0.25, 0.3) is 0 Å². The summed E-state index contributed by atoms with van der Waals surface area (Å²) in [6.07, 6.45) is 5.94. The van der Waals surface area contributed by atoms with Crippen LogP contribution in [-0.4, -0.2) is 37.6 Å². The van der Waals surface area contributed by atoms with Crippen LogP contribution in [0.2, 0.25) is 0 Å². The third-order valence-corrected chi connectivity index (χ3v) is 9.52. The quantitative estimate of drug-likeness (QED) is 0.190. The zero-order valence-corrected chi connectivity index (χ0v) is 26.2. The molecule has 9 heteroatoms. The van der Waals surface area contributed by atoms with Gasteiger partial charge in [-0.05, 0) is 60.7 Å². The van der Waals surface area contributed by atoms with Crippen molar-refractivity contribution in [3.8, 4) is 17.3 Å². The molecular weight excluding hydrogens is 612 g/mol. The van der Waals surface area contributed by atoms with E-state index in [0.717, 1.165) is 78.7 Å². The smallest absolute Gasteiger partial charge is 0.221 e. The van der Waals surface area contributed by atoms with Crippen molar-refractivity contribution in [1.29, 1.82) is 0 Å². The molecule has 0 bridgehead atoms. The lowest BCUT2D eigenvalue weighted by Crippen LogP contribution is -2.21. The fourth-order valence-electron chi connectivity index (χ4n) is 7.29. The van der Waals surface area contributed by atoms with Crippen LogP contribution in [0.25, 0.3) is 77.5 Å². The number of nitrogens with zero attached hydrogens (tertiary/aromatic N) is 6. The van der Waals surface area contributed by atoms with E-state index in [1.165, 1.54) is 0 Å². The first-order valence-electron chi connectivity index (χ1n) is 16.1. The van der Waals surface area contributed by atoms with E-state index in [1.807, 2.05) is 66.7 Å². The van der Waals surface area contributed by atoms with Crippen LogP contribution < -0.4 is 9.64 Å². The Hall–Kier alpha value is -6.74. The molecular formula is C40H26N6O3. The predicted octanol–water partition coefficient (Wildman–Crippen LogP) is 9.60. The summed E-state index contributed by atoms with van der Waals surface area (Å²) in [7, 11) is 2.06. The topological polar surface area (TPSA) is 77.1 Å². The van der Waals surface area contributed by atoms with Gasteiger partial charge in [0.1, 0.15) is 17.2 Å². The normalized spacial score (nSPS) is 13.6. The summed E-state index contributed by atoms with van der Waals surface area (Å²) in [6.45, 7) is 0.728. The number of hydrogen-bond donors (Lipinski definition) is 0. The average molecular weight is 639 g/mol. The van der Waals surface area contributed by atoms with Crippen LogP contribution in [0.1, 0.15) is 0 Å². The minimum absolute atomic E-state index is 0.612. The van der Waals surface area contributed by atoms with Crippen LogP contribution in [0.15, 0.2) is 137 Å². The number of furan rings is 2. The summed E-state index contributed by atoms with van der Waals surface area (Å²) >= 11 is 0. The number of aromatic nitrogens is 4. The van der Waals surface area contributed by atoms with Crippen molar-refractivity contribution in [2.45, 2.75) is 0 Å². The van der Waals surface area contributed by atoms with Gasteiger partial charge in [0.05, 0.1) is 28.7 Å². The molecule has 234 valence electrons. The standard InChI is InChI=1S/C40H26N6O3/c1-43-18-19-44(23-43)24-20-29-28-15-14-27-26-8-2-5-11-34(26)48-38(27)39(28)49-37(29)35(21-24)47-25-13-16-32-33(22-25)46(36-12-6-7-17-41-36)40-42-30-9-3-4-10-31(30)45(32)40/h2-22H,23H2,1H3. The maximum Gasteiger partial charge on any atom is 0.221 e. The number of hydrogen-bond acceptors (Lipinski definition) is 7. The molecule has 0 saturated heterocycles. The van der Waals surface area contributed by atoms with Crippen LogP contribution in [-0.2, 0) is 0 Å². The maximum absolute atomic E-state index is 6.83. The minimum atomic E-state index is 0.612. The number of fused-ring (bicyclic) bond motifs is 12. The molecule has 6 heterocycles. The van der Waals surface area contributed by atoms with Gasteiger partial charge < -0.3 is 23.4 Å². The van der Waals surface area contributed by atoms with Gasteiger partial charge >= 0.3 is 0 Å². The van der Waals surface area contributed by atoms with E-state index < -0.39 is 0 Å². The molecule has 0 radical (unpaired) electrons. The predicted molar refractivity (Wildman–Crippen MR) is 193 cm³/mol. The van der Waals surface area contributed by atoms with Gasteiger partial charge in [0.15, 0.2) is 22.5 Å². The van der Waals surface area contributed by atoms with Gasteiger partial charge in [0, 0.05) is 65.0 Å². The van der Waals surface area contributed by atoms with E-state index in [2.05, 4.69) is 80.7 Å². The van der Waals surface area contributed by atoms with Crippen molar-refractivity contribution < 1.29 is 13.6 Å². The number of ether oxygens (including phenoxy) is 1. The molecule has 1 aliphatic rings. The number of para-hydroxylation sites is 3. The molecule has 9 nitrogen and oxygen atoms in total. The van der Waals surface area contributed by atoms with Crippen LogP contribution in [0.4, 0.5) is 5.69 Å². The Labute approximate surface area is 278 Å². The molecule has 0 unspecified atom stereocenters. The van der Waals surface area contributed by atoms with E-state index >= 15 is 0 Å². The lowest BCUT2D eigenvalue weighted by molar-refractivity contribution is 0.475. The Morgan fingerprint density at radius 2 is 1.51 bits per heavy atom. The van der Waals surface area contributed by atoms with Crippen molar-refractivity contribution in [1.82, 2.24) is 23.8 Å². The van der Waals surface area contributed by atoms with Gasteiger partial charge in [0.2, 0.25) is 5.78 Å². The maximum atomic E-state index is 6.83. The van der Waals surface area contributed by atoms with Crippen LogP contribution in [0, 0.1) is 0 Å². The van der Waals surface area contributed by atoms with E-state index in [0.29, 0.717) is 22.7 Å². The number of imidazole rings is 2. The monoisotopic (exact) mass is 638 g/mol. The van der Waals surface area contributed by atoms with Gasteiger partial charge in [-0.1, -0.05) is 36.4 Å². The zero-order valence-electron chi connectivity index (χ0n) is 26.2. The van der Waals surface area contributed by atoms with Crippen molar-refractivity contribution in [2.24, 2.45) is 0 Å². The van der Waals surface area contributed by atoms with Crippen molar-refractivity contribution >= 4 is 77.4 Å². The Kier molecular flexibility index (Phi) is 5.19. The summed E-state index contributed by atoms with van der Waals surface area (Å²) in [6, 6.07) is 36.7. The molecule has 1 aliphatic heterocycles. The third kappa shape index (κ3) is 3.75. The van der Waals surface area contributed by atoms with Crippen LogP contribution in [0.3, 0.4) is 0 Å². The largest absolute Gasteiger partial charge is 0.453 e. The number of rotatable bonds is 4. The highest BCUT2D eigenvalue weighted by Crippen LogP contribution is 2.44. The Morgan fingerprint density at radius 1 is 0.673 bits per heavy atom. The second-order valence-corrected chi connectivity index (χ2v) is 12.5. The molecule has 0 saturated carbocycles. The Balaban J connectivity index is 1.14. The molecule has 0 fully saturated rings. The third-order valence-electron chi connectivity index (χ3n) is 9.52. The molecule has 0 N–H and O–H groups in total. The van der Waals surface area contributed by atoms with E-state index in [4.69, 9.17) is 23.5 Å². The highest BCUT2D eigenvalue weighted by molar-refractivity contribution is 6.19. The van der Waals surface area contributed by atoms with E-state index in [1.54, 1.807) is 6.20 Å². The molecule has 0 aliphatic carbocycles. The summed E-state index contributed by atoms with van der Waals surface area (Å²) in [5.74, 6) is 2.84. The fourth-order valence-corrected chi connectivity index (χ4v) is 7.29. The second-order valence-electron chi connectivity index (χ2n) is 12.5. The SMILES string of the molecule is CN1C=CN(c2cc(Oc3ccc4c(c3)n(-c3ccccn3)c3nc5ccccc5n43)c3oc4c(ccc5c6ccccc6oc54)c3c2)C1. The lowest BCUT2D eigenvalue weighted by atomic mass is 10.1. The minimum Gasteiger partial charge on any atom is -0.453 e. The number of benzene rings is 5. The second kappa shape index (κ2) is 9.65. The van der Waals surface area contributed by atoms with Crippen molar-refractivity contribution in [2.75, 3.05) is 18.6 Å². The molecule has 0 spiro atoms. The Bertz CT molecular complexity index is 2980. The van der Waals surface area contributed by atoms with Gasteiger partial charge in [-0.25, -0.2) is 9.97 Å². The summed E-state index contributed by atoms with van der Waals surface area (Å²) in [4.78, 5) is 14.0. The zero-order chi connectivity index (χ0) is 32.2. The van der Waals surface area contributed by atoms with E-state index in [9.17, 15) is 0 Å². The molecule has 0 amide bonds. The molecule has 49 heavy (non-hydrogen) atoms. The molecule has 11 rings (SSSR count). The summed E-state index contributed by atoms with van der Waals surface area (Å²) in [5.41, 5.74) is 7.80. The fraction of sp³-hybridized carbons (Fsp3) is 0.0500. The first kappa shape index (κ1) is 26.3. The van der Waals surface area contributed by atoms with Gasteiger partial charge in [-0.3, -0.25) is 8.97 Å². The first-order valence-corrected chi connectivity index (χ1v) is 16.1. The van der Waals surface area contributed by atoms with Crippen molar-refractivity contribution in [3.63, 3.8) is 0 Å². The highest BCUT2D eigenvalue weighted by atomic mass is 16.5. The van der Waals surface area contributed by atoms with Gasteiger partial charge in [-0.2, -0.15) is 0 Å². The molecule has 5 aromatic heterocycles. The first-order chi connectivity index (χ1) is 24.2. The van der Waals surface area contributed by atoms with Crippen molar-refractivity contribution in [3.05, 3.63) is 128 Å². The molecule has 10 aromatic rings. The Morgan fingerprint density at radius 3 is 2.39 bits per heavy atom. The van der Waals surface area contributed by atoms with Crippen LogP contribution in [0.5, 0.6) is 11.5 Å². The van der Waals surface area contributed by atoms with E-state index in [-0.39, 0.29) is 0 Å². The number of pyridine rings is 1. The highest BCUT2D eigenvalue weighted by Gasteiger charge is 2.23.